The molecule has 6 atom stereocenters. The second-order valence-corrected chi connectivity index (χ2v) is 11.3. The van der Waals surface area contributed by atoms with Crippen LogP contribution in [0.2, 0.25) is 0 Å². The van der Waals surface area contributed by atoms with Crippen molar-refractivity contribution in [2.45, 2.75) is 102 Å². The first-order valence-electron chi connectivity index (χ1n) is 14.7. The van der Waals surface area contributed by atoms with E-state index in [1.54, 1.807) is 22.0 Å². The first-order chi connectivity index (χ1) is 18.2. The number of unbranched alkanes of at least 4 members (excludes halogenated alkanes) is 1. The van der Waals surface area contributed by atoms with Crippen LogP contribution in [0.25, 0.3) is 0 Å². The summed E-state index contributed by atoms with van der Waals surface area (Å²) in [6.45, 7) is 17.7. The van der Waals surface area contributed by atoms with E-state index < -0.39 is 29.1 Å². The smallest absolute Gasteiger partial charge is 0.248 e. The van der Waals surface area contributed by atoms with Crippen molar-refractivity contribution in [3.05, 3.63) is 25.3 Å². The van der Waals surface area contributed by atoms with E-state index in [0.717, 1.165) is 19.3 Å². The Kier molecular flexibility index (Phi) is 10.2. The van der Waals surface area contributed by atoms with E-state index in [-0.39, 0.29) is 30.4 Å². The van der Waals surface area contributed by atoms with Crippen molar-refractivity contribution >= 4 is 17.7 Å². The van der Waals surface area contributed by atoms with Crippen LogP contribution in [0.4, 0.5) is 0 Å². The fourth-order valence-electron chi connectivity index (χ4n) is 7.28. The van der Waals surface area contributed by atoms with E-state index >= 15 is 0 Å². The summed E-state index contributed by atoms with van der Waals surface area (Å²) in [6.07, 6.45) is 8.99. The average Bonchev–Trinajstić information content (AvgIpc) is 3.50. The van der Waals surface area contributed by atoms with E-state index in [1.165, 1.54) is 0 Å². The molecule has 0 aromatic heterocycles. The van der Waals surface area contributed by atoms with Crippen LogP contribution in [0.5, 0.6) is 0 Å². The second kappa shape index (κ2) is 12.8. The molecule has 1 N–H and O–H groups in total. The lowest BCUT2D eigenvalue weighted by molar-refractivity contribution is -0.156. The van der Waals surface area contributed by atoms with Crippen LogP contribution in [-0.4, -0.2) is 93.6 Å². The standard InChI is InChI=1S/C30H49N3O5/c1-7-14-22(6)32(19-10-4)28(37)25-30-16-15-29(11-5,38-30)23(26(35)31(17-8-2)18-9-3)24(30)27(36)33(25)20-12-13-21-34/h8,10,22-25,34H,2,4,7,9,11-21H2,1,3,5-6H3/t22?,23-,24-,25?,29+,30?/m0/s1. The van der Waals surface area contributed by atoms with Gasteiger partial charge in [-0.05, 0) is 51.9 Å². The van der Waals surface area contributed by atoms with E-state index in [2.05, 4.69) is 20.1 Å². The highest BCUT2D eigenvalue weighted by Crippen LogP contribution is 2.64. The molecule has 3 amide bonds. The molecule has 2 bridgehead atoms. The fraction of sp³-hybridized carbons (Fsp3) is 0.767. The molecule has 3 unspecified atom stereocenters. The Labute approximate surface area is 229 Å². The number of ether oxygens (including phenoxy) is 1. The largest absolute Gasteiger partial charge is 0.396 e. The van der Waals surface area contributed by atoms with Crippen molar-refractivity contribution < 1.29 is 24.2 Å². The quantitative estimate of drug-likeness (QED) is 0.243. The molecule has 0 aromatic rings. The topological polar surface area (TPSA) is 90.4 Å². The molecule has 0 radical (unpaired) electrons. The predicted molar refractivity (Wildman–Crippen MR) is 148 cm³/mol. The maximum atomic E-state index is 14.4. The summed E-state index contributed by atoms with van der Waals surface area (Å²) in [5, 5.41) is 9.41. The number of aliphatic hydroxyl groups is 1. The number of fused-ring (bicyclic) bond motifs is 1. The lowest BCUT2D eigenvalue weighted by atomic mass is 9.64. The monoisotopic (exact) mass is 531 g/mol. The van der Waals surface area contributed by atoms with Gasteiger partial charge in [0, 0.05) is 38.8 Å². The van der Waals surface area contributed by atoms with E-state index in [1.807, 2.05) is 25.7 Å². The van der Waals surface area contributed by atoms with Crippen LogP contribution < -0.4 is 0 Å². The third-order valence-electron chi connectivity index (χ3n) is 8.99. The van der Waals surface area contributed by atoms with Crippen LogP contribution in [0.3, 0.4) is 0 Å². The van der Waals surface area contributed by atoms with Crippen molar-refractivity contribution in [3.8, 4) is 0 Å². The minimum absolute atomic E-state index is 0.0147. The minimum atomic E-state index is -1.03. The number of aliphatic hydroxyl groups excluding tert-OH is 1. The van der Waals surface area contributed by atoms with Gasteiger partial charge in [-0.2, -0.15) is 0 Å². The number of hydrogen-bond acceptors (Lipinski definition) is 5. The molecule has 38 heavy (non-hydrogen) atoms. The third-order valence-corrected chi connectivity index (χ3v) is 8.99. The summed E-state index contributed by atoms with van der Waals surface area (Å²) in [4.78, 5) is 48.1. The summed E-state index contributed by atoms with van der Waals surface area (Å²) in [7, 11) is 0. The van der Waals surface area contributed by atoms with Gasteiger partial charge in [-0.15, -0.1) is 13.2 Å². The Morgan fingerprint density at radius 3 is 2.42 bits per heavy atom. The number of amides is 3. The Hall–Kier alpha value is -2.19. The Morgan fingerprint density at radius 1 is 1.13 bits per heavy atom. The van der Waals surface area contributed by atoms with Gasteiger partial charge in [0.2, 0.25) is 17.7 Å². The molecule has 3 saturated heterocycles. The lowest BCUT2D eigenvalue weighted by Crippen LogP contribution is -2.58. The third kappa shape index (κ3) is 5.06. The molecule has 8 nitrogen and oxygen atoms in total. The lowest BCUT2D eigenvalue weighted by Gasteiger charge is -2.39. The zero-order valence-corrected chi connectivity index (χ0v) is 24.0. The highest BCUT2D eigenvalue weighted by Gasteiger charge is 2.79. The minimum Gasteiger partial charge on any atom is -0.396 e. The molecule has 3 fully saturated rings. The van der Waals surface area contributed by atoms with Crippen LogP contribution in [0.15, 0.2) is 25.3 Å². The van der Waals surface area contributed by atoms with Crippen molar-refractivity contribution in [1.29, 1.82) is 0 Å². The molecule has 0 saturated carbocycles. The predicted octanol–water partition coefficient (Wildman–Crippen LogP) is 3.54. The summed E-state index contributed by atoms with van der Waals surface area (Å²) < 4.78 is 6.91. The van der Waals surface area contributed by atoms with Crippen LogP contribution in [0.1, 0.15) is 79.1 Å². The van der Waals surface area contributed by atoms with Crippen molar-refractivity contribution in [2.24, 2.45) is 11.8 Å². The fourth-order valence-corrected chi connectivity index (χ4v) is 7.28. The van der Waals surface area contributed by atoms with Gasteiger partial charge in [0.25, 0.3) is 0 Å². The van der Waals surface area contributed by atoms with Gasteiger partial charge >= 0.3 is 0 Å². The maximum absolute atomic E-state index is 14.4. The number of rotatable bonds is 16. The molecule has 3 aliphatic heterocycles. The summed E-state index contributed by atoms with van der Waals surface area (Å²) in [5.41, 5.74) is -1.78. The molecular weight excluding hydrogens is 482 g/mol. The normalized spacial score (nSPS) is 30.3. The van der Waals surface area contributed by atoms with Gasteiger partial charge in [-0.25, -0.2) is 0 Å². The van der Waals surface area contributed by atoms with Crippen LogP contribution in [0, 0.1) is 11.8 Å². The highest BCUT2D eigenvalue weighted by atomic mass is 16.5. The molecule has 3 aliphatic rings. The van der Waals surface area contributed by atoms with Crippen molar-refractivity contribution in [1.82, 2.24) is 14.7 Å². The molecule has 3 heterocycles. The average molecular weight is 532 g/mol. The van der Waals surface area contributed by atoms with Crippen LogP contribution in [-0.2, 0) is 19.1 Å². The van der Waals surface area contributed by atoms with E-state index in [9.17, 15) is 19.5 Å². The molecule has 214 valence electrons. The first kappa shape index (κ1) is 30.4. The highest BCUT2D eigenvalue weighted by molar-refractivity contribution is 5.99. The Bertz CT molecular complexity index is 893. The van der Waals surface area contributed by atoms with E-state index in [0.29, 0.717) is 58.3 Å². The van der Waals surface area contributed by atoms with Gasteiger partial charge in [-0.1, -0.05) is 39.3 Å². The van der Waals surface area contributed by atoms with Gasteiger partial charge in [-0.3, -0.25) is 14.4 Å². The Morgan fingerprint density at radius 2 is 1.84 bits per heavy atom. The number of hydrogen-bond donors (Lipinski definition) is 1. The zero-order chi connectivity index (χ0) is 28.1. The summed E-state index contributed by atoms with van der Waals surface area (Å²) in [6, 6.07) is -0.803. The molecule has 1 spiro atoms. The summed E-state index contributed by atoms with van der Waals surface area (Å²) >= 11 is 0. The zero-order valence-electron chi connectivity index (χ0n) is 24.0. The van der Waals surface area contributed by atoms with Gasteiger partial charge in [0.15, 0.2) is 0 Å². The number of carbonyl (C=O) groups is 3. The molecule has 3 rings (SSSR count). The number of carbonyl (C=O) groups excluding carboxylic acids is 3. The maximum Gasteiger partial charge on any atom is 0.248 e. The molecule has 8 heteroatoms. The van der Waals surface area contributed by atoms with E-state index in [4.69, 9.17) is 4.74 Å². The van der Waals surface area contributed by atoms with Gasteiger partial charge in [0.1, 0.15) is 11.6 Å². The van der Waals surface area contributed by atoms with Gasteiger partial charge in [0.05, 0.1) is 17.4 Å². The number of nitrogens with zero attached hydrogens (tertiary/aromatic N) is 3. The number of likely N-dealkylation sites (tertiary alicyclic amines) is 1. The molecular formula is C30H49N3O5. The molecule has 0 aromatic carbocycles. The van der Waals surface area contributed by atoms with Crippen molar-refractivity contribution in [2.75, 3.05) is 32.8 Å². The van der Waals surface area contributed by atoms with Crippen molar-refractivity contribution in [3.63, 3.8) is 0 Å². The Balaban J connectivity index is 2.10. The van der Waals surface area contributed by atoms with Gasteiger partial charge < -0.3 is 24.5 Å². The van der Waals surface area contributed by atoms with Crippen LogP contribution >= 0.6 is 0 Å². The SMILES string of the molecule is C=CCN(CCC)C(=O)[C@@H]1[C@H]2C(=O)N(CCCCO)C(C(=O)N(CC=C)C(C)CCC)C23CC[C@@]1(CC)O3. The second-order valence-electron chi connectivity index (χ2n) is 11.3. The molecule has 0 aliphatic carbocycles. The summed E-state index contributed by atoms with van der Waals surface area (Å²) in [5.74, 6) is -1.67. The first-order valence-corrected chi connectivity index (χ1v) is 14.7.